The number of amides is 1. The minimum Gasteiger partial charge on any atom is -0.481 e. The van der Waals surface area contributed by atoms with Crippen molar-refractivity contribution in [1.82, 2.24) is 0 Å². The smallest absolute Gasteiger partial charge is 0.338 e. The maximum absolute atomic E-state index is 12.6. The standard InChI is InChI=1S/C23H29NO4/c1-6-20(28-19-14-10-17(11-15-19)23(3,4)5)21(25)24-18-12-8-16(9-13-18)22(26)27-7-2/h8-15,20H,6-7H2,1-5H3,(H,24,25). The van der Waals surface area contributed by atoms with E-state index in [9.17, 15) is 9.59 Å². The molecule has 1 amide bonds. The van der Waals surface area contributed by atoms with Gasteiger partial charge in [-0.3, -0.25) is 4.79 Å². The summed E-state index contributed by atoms with van der Waals surface area (Å²) in [5.74, 6) is 0.0489. The van der Waals surface area contributed by atoms with Crippen LogP contribution in [-0.4, -0.2) is 24.6 Å². The molecule has 0 aliphatic rings. The summed E-state index contributed by atoms with van der Waals surface area (Å²) in [7, 11) is 0. The lowest BCUT2D eigenvalue weighted by Gasteiger charge is -2.21. The minimum absolute atomic E-state index is 0.0653. The third-order valence-electron chi connectivity index (χ3n) is 4.33. The molecule has 28 heavy (non-hydrogen) atoms. The zero-order valence-electron chi connectivity index (χ0n) is 17.2. The molecule has 0 spiro atoms. The number of ether oxygens (including phenoxy) is 2. The molecule has 2 rings (SSSR count). The second kappa shape index (κ2) is 9.40. The number of benzene rings is 2. The molecule has 0 aliphatic heterocycles. The van der Waals surface area contributed by atoms with Gasteiger partial charge in [0.1, 0.15) is 5.75 Å². The number of carbonyl (C=O) groups is 2. The second-order valence-electron chi connectivity index (χ2n) is 7.58. The average molecular weight is 383 g/mol. The number of carbonyl (C=O) groups excluding carboxylic acids is 2. The number of nitrogens with one attached hydrogen (secondary N) is 1. The Balaban J connectivity index is 2.00. The van der Waals surface area contributed by atoms with Crippen LogP contribution in [0.15, 0.2) is 48.5 Å². The molecule has 5 nitrogen and oxygen atoms in total. The van der Waals surface area contributed by atoms with Gasteiger partial charge in [-0.05, 0) is 60.7 Å². The lowest BCUT2D eigenvalue weighted by atomic mass is 9.87. The monoisotopic (exact) mass is 383 g/mol. The topological polar surface area (TPSA) is 64.6 Å². The summed E-state index contributed by atoms with van der Waals surface area (Å²) in [5.41, 5.74) is 2.32. The van der Waals surface area contributed by atoms with Crippen molar-refractivity contribution in [2.24, 2.45) is 0 Å². The van der Waals surface area contributed by atoms with Crippen LogP contribution in [0.2, 0.25) is 0 Å². The molecule has 0 radical (unpaired) electrons. The van der Waals surface area contributed by atoms with Crippen LogP contribution in [0.5, 0.6) is 5.75 Å². The van der Waals surface area contributed by atoms with E-state index in [4.69, 9.17) is 9.47 Å². The van der Waals surface area contributed by atoms with Gasteiger partial charge < -0.3 is 14.8 Å². The molecule has 5 heteroatoms. The van der Waals surface area contributed by atoms with Gasteiger partial charge in [0.25, 0.3) is 5.91 Å². The number of esters is 1. The highest BCUT2D eigenvalue weighted by molar-refractivity contribution is 5.95. The van der Waals surface area contributed by atoms with Crippen molar-refractivity contribution in [3.8, 4) is 5.75 Å². The lowest BCUT2D eigenvalue weighted by Crippen LogP contribution is -2.32. The van der Waals surface area contributed by atoms with Gasteiger partial charge in [-0.25, -0.2) is 4.79 Å². The quantitative estimate of drug-likeness (QED) is 0.687. The van der Waals surface area contributed by atoms with Crippen molar-refractivity contribution >= 4 is 17.6 Å². The average Bonchev–Trinajstić information content (AvgIpc) is 2.66. The normalized spacial score (nSPS) is 12.2. The van der Waals surface area contributed by atoms with E-state index in [1.54, 1.807) is 31.2 Å². The first-order valence-corrected chi connectivity index (χ1v) is 9.59. The van der Waals surface area contributed by atoms with Gasteiger partial charge in [-0.2, -0.15) is 0 Å². The molecule has 1 unspecified atom stereocenters. The maximum atomic E-state index is 12.6. The zero-order chi connectivity index (χ0) is 20.7. The molecule has 0 bridgehead atoms. The minimum atomic E-state index is -0.606. The van der Waals surface area contributed by atoms with Crippen molar-refractivity contribution in [1.29, 1.82) is 0 Å². The Kier molecular flexibility index (Phi) is 7.21. The predicted octanol–water partition coefficient (Wildman–Crippen LogP) is 4.96. The van der Waals surface area contributed by atoms with Crippen LogP contribution in [0.4, 0.5) is 5.69 Å². The van der Waals surface area contributed by atoms with Gasteiger partial charge in [-0.1, -0.05) is 39.8 Å². The van der Waals surface area contributed by atoms with E-state index < -0.39 is 6.10 Å². The van der Waals surface area contributed by atoms with Crippen LogP contribution in [0.3, 0.4) is 0 Å². The van der Waals surface area contributed by atoms with E-state index in [0.29, 0.717) is 30.0 Å². The van der Waals surface area contributed by atoms with Crippen molar-refractivity contribution < 1.29 is 19.1 Å². The van der Waals surface area contributed by atoms with Crippen LogP contribution in [0.1, 0.15) is 57.0 Å². The van der Waals surface area contributed by atoms with Gasteiger partial charge >= 0.3 is 5.97 Å². The van der Waals surface area contributed by atoms with Gasteiger partial charge in [0.15, 0.2) is 6.10 Å². The molecular formula is C23H29NO4. The first-order chi connectivity index (χ1) is 13.2. The summed E-state index contributed by atoms with van der Waals surface area (Å²) in [4.78, 5) is 24.3. The van der Waals surface area contributed by atoms with E-state index in [1.165, 1.54) is 5.56 Å². The Bertz CT molecular complexity index is 789. The molecule has 1 atom stereocenters. The first kappa shape index (κ1) is 21.5. The molecule has 0 fully saturated rings. The number of hydrogen-bond acceptors (Lipinski definition) is 4. The van der Waals surface area contributed by atoms with Crippen LogP contribution >= 0.6 is 0 Å². The number of hydrogen-bond donors (Lipinski definition) is 1. The summed E-state index contributed by atoms with van der Waals surface area (Å²) in [6.07, 6.45) is -0.0708. The van der Waals surface area contributed by atoms with E-state index >= 15 is 0 Å². The summed E-state index contributed by atoms with van der Waals surface area (Å²) in [5, 5.41) is 2.83. The molecule has 0 aliphatic carbocycles. The zero-order valence-corrected chi connectivity index (χ0v) is 17.2. The van der Waals surface area contributed by atoms with E-state index in [2.05, 4.69) is 26.1 Å². The summed E-state index contributed by atoms with van der Waals surface area (Å²) in [6.45, 7) is 10.4. The summed E-state index contributed by atoms with van der Waals surface area (Å²) >= 11 is 0. The molecule has 1 N–H and O–H groups in total. The fourth-order valence-corrected chi connectivity index (χ4v) is 2.65. The van der Waals surface area contributed by atoms with Gasteiger partial charge in [-0.15, -0.1) is 0 Å². The Labute approximate surface area is 167 Å². The highest BCUT2D eigenvalue weighted by Crippen LogP contribution is 2.25. The highest BCUT2D eigenvalue weighted by atomic mass is 16.5. The summed E-state index contributed by atoms with van der Waals surface area (Å²) < 4.78 is 10.8. The SMILES string of the molecule is CCOC(=O)c1ccc(NC(=O)C(CC)Oc2ccc(C(C)(C)C)cc2)cc1. The molecule has 0 saturated carbocycles. The third kappa shape index (κ3) is 5.84. The third-order valence-corrected chi connectivity index (χ3v) is 4.33. The highest BCUT2D eigenvalue weighted by Gasteiger charge is 2.19. The molecule has 2 aromatic rings. The Morgan fingerprint density at radius 2 is 1.57 bits per heavy atom. The van der Waals surface area contributed by atoms with E-state index in [-0.39, 0.29) is 17.3 Å². The fraction of sp³-hybridized carbons (Fsp3) is 0.391. The molecule has 0 heterocycles. The fourth-order valence-electron chi connectivity index (χ4n) is 2.65. The van der Waals surface area contributed by atoms with Crippen LogP contribution in [0.25, 0.3) is 0 Å². The van der Waals surface area contributed by atoms with Gasteiger partial charge in [0.05, 0.1) is 12.2 Å². The van der Waals surface area contributed by atoms with Gasteiger partial charge in [0, 0.05) is 5.69 Å². The summed E-state index contributed by atoms with van der Waals surface area (Å²) in [6, 6.07) is 14.4. The van der Waals surface area contributed by atoms with Gasteiger partial charge in [0.2, 0.25) is 0 Å². The molecule has 150 valence electrons. The van der Waals surface area contributed by atoms with Crippen molar-refractivity contribution in [2.75, 3.05) is 11.9 Å². The van der Waals surface area contributed by atoms with Crippen molar-refractivity contribution in [2.45, 2.75) is 52.6 Å². The molecule has 0 aromatic heterocycles. The predicted molar refractivity (Wildman–Crippen MR) is 111 cm³/mol. The first-order valence-electron chi connectivity index (χ1n) is 9.59. The molecule has 2 aromatic carbocycles. The number of rotatable bonds is 7. The van der Waals surface area contributed by atoms with Crippen molar-refractivity contribution in [3.63, 3.8) is 0 Å². The Morgan fingerprint density at radius 1 is 0.964 bits per heavy atom. The maximum Gasteiger partial charge on any atom is 0.338 e. The largest absolute Gasteiger partial charge is 0.481 e. The Hall–Kier alpha value is -2.82. The van der Waals surface area contributed by atoms with Crippen LogP contribution < -0.4 is 10.1 Å². The van der Waals surface area contributed by atoms with Crippen LogP contribution in [-0.2, 0) is 14.9 Å². The van der Waals surface area contributed by atoms with E-state index in [0.717, 1.165) is 0 Å². The van der Waals surface area contributed by atoms with E-state index in [1.807, 2.05) is 31.2 Å². The molecular weight excluding hydrogens is 354 g/mol. The Morgan fingerprint density at radius 3 is 2.07 bits per heavy atom. The van der Waals surface area contributed by atoms with Crippen LogP contribution in [0, 0.1) is 0 Å². The second-order valence-corrected chi connectivity index (χ2v) is 7.58. The van der Waals surface area contributed by atoms with Crippen molar-refractivity contribution in [3.05, 3.63) is 59.7 Å². The lowest BCUT2D eigenvalue weighted by molar-refractivity contribution is -0.122. The number of anilines is 1. The molecule has 0 saturated heterocycles.